The minimum atomic E-state index is -1.07. The summed E-state index contributed by atoms with van der Waals surface area (Å²) in [6, 6.07) is 3.45. The highest BCUT2D eigenvalue weighted by Crippen LogP contribution is 2.37. The van der Waals surface area contributed by atoms with Crippen LogP contribution in [0, 0.1) is 0 Å². The summed E-state index contributed by atoms with van der Waals surface area (Å²) in [5.74, 6) is 0.793. The maximum atomic E-state index is 11.5. The van der Waals surface area contributed by atoms with Crippen molar-refractivity contribution in [3.8, 4) is 11.5 Å². The maximum Gasteiger partial charge on any atom is 0.355 e. The number of hydrogen-bond donors (Lipinski definition) is 2. The molecule has 0 radical (unpaired) electrons. The highest BCUT2D eigenvalue weighted by molar-refractivity contribution is 7.80. The van der Waals surface area contributed by atoms with Crippen LogP contribution in [0.5, 0.6) is 11.5 Å². The van der Waals surface area contributed by atoms with Crippen molar-refractivity contribution < 1.29 is 19.4 Å². The molecule has 2 aromatic rings. The summed E-state index contributed by atoms with van der Waals surface area (Å²) in [7, 11) is 0. The van der Waals surface area contributed by atoms with E-state index < -0.39 is 5.97 Å². The number of fused-ring (bicyclic) bond motifs is 1. The van der Waals surface area contributed by atoms with E-state index in [1.807, 2.05) is 6.92 Å². The second-order valence-corrected chi connectivity index (χ2v) is 5.97. The molecule has 2 heterocycles. The fraction of sp³-hybridized carbons (Fsp3) is 0.333. The van der Waals surface area contributed by atoms with E-state index in [0.717, 1.165) is 12.0 Å². The van der Waals surface area contributed by atoms with E-state index in [2.05, 4.69) is 17.6 Å². The topological polar surface area (TPSA) is 73.6 Å². The van der Waals surface area contributed by atoms with Gasteiger partial charge in [-0.15, -0.1) is 12.6 Å². The molecule has 0 atom stereocenters. The number of rotatable bonds is 5. The van der Waals surface area contributed by atoms with Gasteiger partial charge in [-0.25, -0.2) is 9.78 Å². The van der Waals surface area contributed by atoms with Crippen molar-refractivity contribution in [1.29, 1.82) is 0 Å². The number of aromatic nitrogens is 2. The van der Waals surface area contributed by atoms with Crippen LogP contribution in [-0.4, -0.2) is 27.4 Å². The van der Waals surface area contributed by atoms with E-state index in [-0.39, 0.29) is 24.1 Å². The van der Waals surface area contributed by atoms with Crippen LogP contribution in [0.3, 0.4) is 0 Å². The summed E-state index contributed by atoms with van der Waals surface area (Å²) in [6.07, 6.45) is 1.50. The highest BCUT2D eigenvalue weighted by Gasteiger charge is 2.23. The molecule has 1 aromatic carbocycles. The molecule has 122 valence electrons. The van der Waals surface area contributed by atoms with Crippen LogP contribution in [0.15, 0.2) is 17.2 Å². The van der Waals surface area contributed by atoms with Gasteiger partial charge in [0.2, 0.25) is 6.79 Å². The summed E-state index contributed by atoms with van der Waals surface area (Å²) in [5, 5.41) is 10.1. The van der Waals surface area contributed by atoms with Gasteiger partial charge < -0.3 is 19.1 Å². The van der Waals surface area contributed by atoms with Crippen molar-refractivity contribution in [2.24, 2.45) is 0 Å². The van der Waals surface area contributed by atoms with Gasteiger partial charge in [0.05, 0.1) is 6.54 Å². The predicted molar refractivity (Wildman–Crippen MR) is 87.1 cm³/mol. The quantitative estimate of drug-likeness (QED) is 0.806. The molecule has 0 saturated heterocycles. The Morgan fingerprint density at radius 1 is 1.43 bits per heavy atom. The number of hydrogen-bond acceptors (Lipinski definition) is 5. The molecule has 0 spiro atoms. The van der Waals surface area contributed by atoms with Crippen LogP contribution in [0.25, 0.3) is 0 Å². The summed E-state index contributed by atoms with van der Waals surface area (Å²) in [5.41, 5.74) is 0.798. The number of nitrogens with zero attached hydrogens (tertiary/aromatic N) is 2. The van der Waals surface area contributed by atoms with Crippen LogP contribution in [-0.2, 0) is 13.0 Å². The molecule has 6 nitrogen and oxygen atoms in total. The fourth-order valence-electron chi connectivity index (χ4n) is 2.53. The van der Waals surface area contributed by atoms with Gasteiger partial charge in [0.1, 0.15) is 10.9 Å². The first-order chi connectivity index (χ1) is 11.0. The van der Waals surface area contributed by atoms with Gasteiger partial charge in [-0.05, 0) is 18.1 Å². The average Bonchev–Trinajstić information content (AvgIpc) is 3.04. The lowest BCUT2D eigenvalue weighted by atomic mass is 10.2. The Kier molecular flexibility index (Phi) is 4.41. The van der Waals surface area contributed by atoms with Gasteiger partial charge in [-0.2, -0.15) is 0 Å². The van der Waals surface area contributed by atoms with Gasteiger partial charge in [-0.3, -0.25) is 0 Å². The lowest BCUT2D eigenvalue weighted by Crippen LogP contribution is -2.13. The molecule has 0 fully saturated rings. The van der Waals surface area contributed by atoms with Crippen molar-refractivity contribution in [2.45, 2.75) is 31.3 Å². The van der Waals surface area contributed by atoms with Crippen LogP contribution >= 0.6 is 24.2 Å². The van der Waals surface area contributed by atoms with Crippen molar-refractivity contribution >= 4 is 30.2 Å². The van der Waals surface area contributed by atoms with Crippen LogP contribution in [0.1, 0.15) is 35.2 Å². The average molecular weight is 355 g/mol. The number of imidazole rings is 1. The predicted octanol–water partition coefficient (Wildman–Crippen LogP) is 3.25. The largest absolute Gasteiger partial charge is 0.476 e. The number of halogens is 1. The summed E-state index contributed by atoms with van der Waals surface area (Å²) >= 11 is 10.5. The molecular weight excluding hydrogens is 340 g/mol. The second kappa shape index (κ2) is 6.33. The minimum absolute atomic E-state index is 0.0607. The van der Waals surface area contributed by atoms with Gasteiger partial charge in [0.15, 0.2) is 17.2 Å². The third-order valence-corrected chi connectivity index (χ3v) is 4.24. The number of benzene rings is 1. The molecule has 3 rings (SSSR count). The molecule has 1 aromatic heterocycles. The Morgan fingerprint density at radius 3 is 2.78 bits per heavy atom. The Morgan fingerprint density at radius 2 is 2.13 bits per heavy atom. The smallest absolute Gasteiger partial charge is 0.355 e. The van der Waals surface area contributed by atoms with Gasteiger partial charge in [0, 0.05) is 17.5 Å². The Bertz CT molecular complexity index is 775. The minimum Gasteiger partial charge on any atom is -0.476 e. The van der Waals surface area contributed by atoms with Gasteiger partial charge in [0.25, 0.3) is 0 Å². The normalized spacial score (nSPS) is 12.7. The van der Waals surface area contributed by atoms with Crippen molar-refractivity contribution in [3.63, 3.8) is 0 Å². The number of thiol groups is 1. The van der Waals surface area contributed by atoms with Crippen LogP contribution in [0.4, 0.5) is 0 Å². The summed E-state index contributed by atoms with van der Waals surface area (Å²) < 4.78 is 12.3. The molecule has 0 bridgehead atoms. The number of aryl methyl sites for hydroxylation is 1. The fourth-order valence-corrected chi connectivity index (χ4v) is 3.08. The number of carbonyl (C=O) groups is 1. The molecule has 0 amide bonds. The third-order valence-electron chi connectivity index (χ3n) is 3.57. The first-order valence-corrected chi connectivity index (χ1v) is 7.93. The second-order valence-electron chi connectivity index (χ2n) is 5.14. The van der Waals surface area contributed by atoms with Gasteiger partial charge >= 0.3 is 5.97 Å². The van der Waals surface area contributed by atoms with E-state index in [9.17, 15) is 9.90 Å². The first-order valence-electron chi connectivity index (χ1n) is 7.11. The van der Waals surface area contributed by atoms with Gasteiger partial charge in [-0.1, -0.05) is 18.5 Å². The monoisotopic (exact) mass is 354 g/mol. The van der Waals surface area contributed by atoms with E-state index in [1.54, 1.807) is 16.7 Å². The molecule has 23 heavy (non-hydrogen) atoms. The Labute approximate surface area is 143 Å². The molecule has 0 aliphatic carbocycles. The lowest BCUT2D eigenvalue weighted by Gasteiger charge is -2.12. The summed E-state index contributed by atoms with van der Waals surface area (Å²) in [6.45, 7) is 2.44. The zero-order valence-electron chi connectivity index (χ0n) is 12.4. The molecular formula is C15H15ClN2O4S. The van der Waals surface area contributed by atoms with E-state index in [4.69, 9.17) is 21.1 Å². The Hall–Kier alpha value is -1.86. The number of carboxylic acid groups (broad SMARTS) is 1. The van der Waals surface area contributed by atoms with Crippen LogP contribution in [0.2, 0.25) is 5.02 Å². The lowest BCUT2D eigenvalue weighted by molar-refractivity contribution is 0.0681. The maximum absolute atomic E-state index is 11.5. The standard InChI is InChI=1S/C15H15ClN2O4S/c1-2-3-12-17-14(23)13(15(19)20)18(12)6-8-4-10-11(5-9(8)16)22-7-21-10/h4-5,23H,2-3,6-7H2,1H3,(H,19,20). The third kappa shape index (κ3) is 2.98. The van der Waals surface area contributed by atoms with E-state index >= 15 is 0 Å². The SMILES string of the molecule is CCCc1nc(S)c(C(=O)O)n1Cc1cc2c(cc1Cl)OCO2. The molecule has 8 heteroatoms. The zero-order valence-corrected chi connectivity index (χ0v) is 14.0. The zero-order chi connectivity index (χ0) is 16.6. The molecule has 1 aliphatic rings. The number of carboxylic acids is 1. The molecule has 0 saturated carbocycles. The van der Waals surface area contributed by atoms with E-state index in [0.29, 0.717) is 28.8 Å². The first kappa shape index (κ1) is 16.0. The van der Waals surface area contributed by atoms with Crippen molar-refractivity contribution in [3.05, 3.63) is 34.2 Å². The highest BCUT2D eigenvalue weighted by atomic mass is 35.5. The van der Waals surface area contributed by atoms with E-state index in [1.165, 1.54) is 0 Å². The van der Waals surface area contributed by atoms with Crippen LogP contribution < -0.4 is 9.47 Å². The Balaban J connectivity index is 2.04. The molecule has 0 unspecified atom stereocenters. The molecule has 1 N–H and O–H groups in total. The summed E-state index contributed by atoms with van der Waals surface area (Å²) in [4.78, 5) is 15.8. The van der Waals surface area contributed by atoms with Crippen molar-refractivity contribution in [2.75, 3.05) is 6.79 Å². The number of aromatic carboxylic acids is 1. The van der Waals surface area contributed by atoms with Crippen molar-refractivity contribution in [1.82, 2.24) is 9.55 Å². The molecule has 1 aliphatic heterocycles. The number of ether oxygens (including phenoxy) is 2.